The Morgan fingerprint density at radius 3 is 2.90 bits per heavy atom. The van der Waals surface area contributed by atoms with Crippen molar-refractivity contribution >= 4 is 16.9 Å². The van der Waals surface area contributed by atoms with Gasteiger partial charge in [0.25, 0.3) is 0 Å². The van der Waals surface area contributed by atoms with Gasteiger partial charge >= 0.3 is 5.97 Å². The number of carbonyl (C=O) groups is 1. The van der Waals surface area contributed by atoms with E-state index < -0.39 is 5.97 Å². The maximum absolute atomic E-state index is 11.4. The van der Waals surface area contributed by atoms with Gasteiger partial charge in [-0.15, -0.1) is 0 Å². The van der Waals surface area contributed by atoms with Crippen molar-refractivity contribution in [1.29, 1.82) is 0 Å². The van der Waals surface area contributed by atoms with Crippen molar-refractivity contribution in [3.8, 4) is 5.88 Å². The van der Waals surface area contributed by atoms with Gasteiger partial charge < -0.3 is 14.7 Å². The number of hydrogen-bond acceptors (Lipinski definition) is 4. The van der Waals surface area contributed by atoms with Gasteiger partial charge in [0.15, 0.2) is 0 Å². The maximum atomic E-state index is 11.4. The van der Waals surface area contributed by atoms with Crippen LogP contribution in [-0.4, -0.2) is 47.2 Å². The van der Waals surface area contributed by atoms with Crippen molar-refractivity contribution in [2.75, 3.05) is 20.2 Å². The monoisotopic (exact) mass is 286 g/mol. The minimum absolute atomic E-state index is 0.228. The number of para-hydroxylation sites is 1. The van der Waals surface area contributed by atoms with Crippen LogP contribution in [0, 0.1) is 0 Å². The Morgan fingerprint density at radius 1 is 1.43 bits per heavy atom. The van der Waals surface area contributed by atoms with E-state index in [-0.39, 0.29) is 5.56 Å². The molecule has 3 rings (SSSR count). The summed E-state index contributed by atoms with van der Waals surface area (Å²) >= 11 is 0. The number of nitrogens with zero attached hydrogens (tertiary/aromatic N) is 2. The number of fused-ring (bicyclic) bond motifs is 1. The third kappa shape index (κ3) is 3.13. The highest BCUT2D eigenvalue weighted by molar-refractivity contribution is 6.02. The largest absolute Gasteiger partial charge is 0.478 e. The Balaban J connectivity index is 1.76. The van der Waals surface area contributed by atoms with Crippen LogP contribution in [0.15, 0.2) is 30.3 Å². The minimum Gasteiger partial charge on any atom is -0.478 e. The number of likely N-dealkylation sites (N-methyl/N-ethyl adjacent to an activating group) is 1. The molecule has 0 aliphatic heterocycles. The Labute approximate surface area is 123 Å². The molecule has 1 aliphatic rings. The first kappa shape index (κ1) is 13.8. The summed E-state index contributed by atoms with van der Waals surface area (Å²) in [4.78, 5) is 18.0. The number of hydrogen-bond donors (Lipinski definition) is 1. The highest BCUT2D eigenvalue weighted by Crippen LogP contribution is 2.25. The van der Waals surface area contributed by atoms with Crippen LogP contribution in [0.4, 0.5) is 0 Å². The second-order valence-electron chi connectivity index (χ2n) is 5.39. The van der Waals surface area contributed by atoms with Crippen LogP contribution in [0.25, 0.3) is 10.9 Å². The molecule has 0 radical (unpaired) electrons. The zero-order valence-corrected chi connectivity index (χ0v) is 12.0. The lowest BCUT2D eigenvalue weighted by molar-refractivity contribution is 0.0698. The molecule has 0 bridgehead atoms. The Kier molecular flexibility index (Phi) is 3.75. The third-order valence-corrected chi connectivity index (χ3v) is 3.79. The van der Waals surface area contributed by atoms with Crippen molar-refractivity contribution in [2.24, 2.45) is 0 Å². The van der Waals surface area contributed by atoms with E-state index in [4.69, 9.17) is 4.74 Å². The van der Waals surface area contributed by atoms with Crippen molar-refractivity contribution in [3.63, 3.8) is 0 Å². The van der Waals surface area contributed by atoms with Crippen LogP contribution in [0.3, 0.4) is 0 Å². The van der Waals surface area contributed by atoms with E-state index in [9.17, 15) is 9.90 Å². The Morgan fingerprint density at radius 2 is 2.19 bits per heavy atom. The van der Waals surface area contributed by atoms with Crippen molar-refractivity contribution in [3.05, 3.63) is 35.9 Å². The number of benzene rings is 1. The Hall–Kier alpha value is -2.14. The molecule has 1 aromatic heterocycles. The Bertz CT molecular complexity index is 668. The topological polar surface area (TPSA) is 62.7 Å². The molecule has 0 saturated heterocycles. The summed E-state index contributed by atoms with van der Waals surface area (Å²) < 4.78 is 5.64. The second kappa shape index (κ2) is 5.69. The second-order valence-corrected chi connectivity index (χ2v) is 5.39. The number of aromatic carboxylic acids is 1. The molecule has 1 heterocycles. The minimum atomic E-state index is -0.964. The number of pyridine rings is 1. The lowest BCUT2D eigenvalue weighted by Crippen LogP contribution is -2.26. The van der Waals surface area contributed by atoms with Gasteiger partial charge in [-0.3, -0.25) is 0 Å². The van der Waals surface area contributed by atoms with Gasteiger partial charge in [-0.05, 0) is 26.0 Å². The molecule has 5 nitrogen and oxygen atoms in total. The van der Waals surface area contributed by atoms with Gasteiger partial charge in [-0.2, -0.15) is 0 Å². The van der Waals surface area contributed by atoms with Crippen LogP contribution in [0.2, 0.25) is 0 Å². The lowest BCUT2D eigenvalue weighted by Gasteiger charge is -2.15. The van der Waals surface area contributed by atoms with Crippen LogP contribution in [0.1, 0.15) is 23.2 Å². The van der Waals surface area contributed by atoms with E-state index in [1.165, 1.54) is 18.9 Å². The summed E-state index contributed by atoms with van der Waals surface area (Å²) in [6.45, 7) is 1.33. The third-order valence-electron chi connectivity index (χ3n) is 3.79. The standard InChI is InChI=1S/C16H18N2O3/c1-18(11-6-7-11)8-9-21-15-10-13(16(19)20)12-4-2-3-5-14(12)17-15/h2-5,10-11H,6-9H2,1H3,(H,19,20). The number of rotatable bonds is 6. The van der Waals surface area contributed by atoms with Gasteiger partial charge in [0.05, 0.1) is 11.1 Å². The number of carboxylic acids is 1. The molecule has 0 unspecified atom stereocenters. The smallest absolute Gasteiger partial charge is 0.336 e. The first-order chi connectivity index (χ1) is 10.1. The first-order valence-corrected chi connectivity index (χ1v) is 7.11. The van der Waals surface area contributed by atoms with Crippen LogP contribution in [0.5, 0.6) is 5.88 Å². The zero-order valence-electron chi connectivity index (χ0n) is 12.0. The van der Waals surface area contributed by atoms with E-state index in [2.05, 4.69) is 16.9 Å². The first-order valence-electron chi connectivity index (χ1n) is 7.11. The van der Waals surface area contributed by atoms with E-state index >= 15 is 0 Å². The molecule has 110 valence electrons. The number of ether oxygens (including phenoxy) is 1. The number of carboxylic acid groups (broad SMARTS) is 1. The molecule has 2 aromatic rings. The van der Waals surface area contributed by atoms with Crippen LogP contribution >= 0.6 is 0 Å². The summed E-state index contributed by atoms with van der Waals surface area (Å²) in [7, 11) is 2.08. The molecule has 1 fully saturated rings. The van der Waals surface area contributed by atoms with E-state index in [1.807, 2.05) is 12.1 Å². The molecule has 1 saturated carbocycles. The molecular weight excluding hydrogens is 268 g/mol. The lowest BCUT2D eigenvalue weighted by atomic mass is 10.1. The molecule has 0 atom stereocenters. The molecule has 5 heteroatoms. The van der Waals surface area contributed by atoms with Gasteiger partial charge in [-0.25, -0.2) is 9.78 Å². The van der Waals surface area contributed by atoms with E-state index in [0.29, 0.717) is 29.4 Å². The fraction of sp³-hybridized carbons (Fsp3) is 0.375. The molecule has 1 aliphatic carbocycles. The molecule has 0 amide bonds. The van der Waals surface area contributed by atoms with Gasteiger partial charge in [0, 0.05) is 24.0 Å². The van der Waals surface area contributed by atoms with Crippen molar-refractivity contribution in [2.45, 2.75) is 18.9 Å². The SMILES string of the molecule is CN(CCOc1cc(C(=O)O)c2ccccc2n1)C1CC1. The molecule has 0 spiro atoms. The van der Waals surface area contributed by atoms with E-state index in [1.54, 1.807) is 12.1 Å². The van der Waals surface area contributed by atoms with Gasteiger partial charge in [-0.1, -0.05) is 18.2 Å². The van der Waals surface area contributed by atoms with Gasteiger partial charge in [0.1, 0.15) is 6.61 Å². The fourth-order valence-corrected chi connectivity index (χ4v) is 2.39. The van der Waals surface area contributed by atoms with Crippen LogP contribution in [-0.2, 0) is 0 Å². The predicted molar refractivity (Wildman–Crippen MR) is 79.8 cm³/mol. The maximum Gasteiger partial charge on any atom is 0.336 e. The molecule has 1 N–H and O–H groups in total. The summed E-state index contributed by atoms with van der Waals surface area (Å²) in [5.74, 6) is -0.594. The summed E-state index contributed by atoms with van der Waals surface area (Å²) in [5, 5.41) is 9.94. The highest BCUT2D eigenvalue weighted by Gasteiger charge is 2.25. The summed E-state index contributed by atoms with van der Waals surface area (Å²) in [6, 6.07) is 9.39. The molecular formula is C16H18N2O3. The van der Waals surface area contributed by atoms with E-state index in [0.717, 1.165) is 6.54 Å². The molecule has 21 heavy (non-hydrogen) atoms. The molecule has 1 aromatic carbocycles. The fourth-order valence-electron chi connectivity index (χ4n) is 2.39. The number of aromatic nitrogens is 1. The van der Waals surface area contributed by atoms with Crippen molar-refractivity contribution in [1.82, 2.24) is 9.88 Å². The summed E-state index contributed by atoms with van der Waals surface area (Å²) in [6.07, 6.45) is 2.52. The van der Waals surface area contributed by atoms with Crippen molar-refractivity contribution < 1.29 is 14.6 Å². The van der Waals surface area contributed by atoms with Crippen LogP contribution < -0.4 is 4.74 Å². The normalized spacial score (nSPS) is 14.6. The van der Waals surface area contributed by atoms with Gasteiger partial charge in [0.2, 0.25) is 5.88 Å². The average molecular weight is 286 g/mol. The highest BCUT2D eigenvalue weighted by atomic mass is 16.5. The zero-order chi connectivity index (χ0) is 14.8. The average Bonchev–Trinajstić information content (AvgIpc) is 3.30. The summed E-state index contributed by atoms with van der Waals surface area (Å²) in [5.41, 5.74) is 0.870. The predicted octanol–water partition coefficient (Wildman–Crippen LogP) is 2.41. The quantitative estimate of drug-likeness (QED) is 0.883.